The van der Waals surface area contributed by atoms with Gasteiger partial charge in [0, 0.05) is 19.7 Å². The third-order valence-electron chi connectivity index (χ3n) is 3.98. The summed E-state index contributed by atoms with van der Waals surface area (Å²) >= 11 is 0. The maximum Gasteiger partial charge on any atom is 0.310 e. The largest absolute Gasteiger partial charge is 0.481 e. The van der Waals surface area contributed by atoms with Gasteiger partial charge in [-0.3, -0.25) is 4.79 Å². The average Bonchev–Trinajstić information content (AvgIpc) is 2.85. The van der Waals surface area contributed by atoms with Crippen LogP contribution in [0.3, 0.4) is 0 Å². The number of carboxylic acid groups (broad SMARTS) is 1. The first-order valence-electron chi connectivity index (χ1n) is 7.16. The second-order valence-electron chi connectivity index (χ2n) is 5.81. The number of carbonyl (C=O) groups is 1. The van der Waals surface area contributed by atoms with Crippen LogP contribution in [0.1, 0.15) is 43.7 Å². The molecule has 0 amide bonds. The van der Waals surface area contributed by atoms with Crippen LogP contribution in [-0.2, 0) is 16.1 Å². The Kier molecular flexibility index (Phi) is 4.78. The Hall–Kier alpha value is -1.39. The van der Waals surface area contributed by atoms with E-state index in [1.54, 1.807) is 6.92 Å². The van der Waals surface area contributed by atoms with E-state index < -0.39 is 11.9 Å². The number of benzene rings is 1. The van der Waals surface area contributed by atoms with E-state index in [4.69, 9.17) is 9.84 Å². The van der Waals surface area contributed by atoms with Gasteiger partial charge in [0.25, 0.3) is 0 Å². The summed E-state index contributed by atoms with van der Waals surface area (Å²) in [4.78, 5) is 10.9. The zero-order valence-electron chi connectivity index (χ0n) is 12.2. The summed E-state index contributed by atoms with van der Waals surface area (Å²) in [5.74, 6) is -1.25. The van der Waals surface area contributed by atoms with E-state index in [1.165, 1.54) is 0 Å². The fourth-order valence-electron chi connectivity index (χ4n) is 2.51. The van der Waals surface area contributed by atoms with Crippen molar-refractivity contribution < 1.29 is 14.6 Å². The van der Waals surface area contributed by atoms with Crippen LogP contribution in [0.5, 0.6) is 0 Å². The van der Waals surface area contributed by atoms with Gasteiger partial charge in [-0.2, -0.15) is 0 Å². The van der Waals surface area contributed by atoms with Crippen LogP contribution in [0.2, 0.25) is 0 Å². The molecular weight excluding hydrogens is 254 g/mol. The fourth-order valence-corrected chi connectivity index (χ4v) is 2.51. The summed E-state index contributed by atoms with van der Waals surface area (Å²) in [5, 5.41) is 12.4. The lowest BCUT2D eigenvalue weighted by Gasteiger charge is -2.23. The van der Waals surface area contributed by atoms with Gasteiger partial charge >= 0.3 is 5.97 Å². The Morgan fingerprint density at radius 3 is 2.70 bits per heavy atom. The summed E-state index contributed by atoms with van der Waals surface area (Å²) in [6.07, 6.45) is 2.25. The Balaban J connectivity index is 1.83. The van der Waals surface area contributed by atoms with Crippen molar-refractivity contribution in [2.75, 3.05) is 13.2 Å². The first-order chi connectivity index (χ1) is 9.50. The second-order valence-corrected chi connectivity index (χ2v) is 5.81. The van der Waals surface area contributed by atoms with Crippen molar-refractivity contribution in [3.8, 4) is 0 Å². The number of rotatable bonds is 6. The van der Waals surface area contributed by atoms with Crippen LogP contribution in [0.25, 0.3) is 0 Å². The minimum atomic E-state index is -0.790. The van der Waals surface area contributed by atoms with Gasteiger partial charge in [0.05, 0.1) is 11.5 Å². The molecule has 1 saturated heterocycles. The van der Waals surface area contributed by atoms with Crippen molar-refractivity contribution in [3.63, 3.8) is 0 Å². The smallest absolute Gasteiger partial charge is 0.310 e. The van der Waals surface area contributed by atoms with Gasteiger partial charge < -0.3 is 15.2 Å². The van der Waals surface area contributed by atoms with Crippen LogP contribution < -0.4 is 5.32 Å². The lowest BCUT2D eigenvalue weighted by atomic mass is 10.00. The van der Waals surface area contributed by atoms with Crippen LogP contribution >= 0.6 is 0 Å². The zero-order chi connectivity index (χ0) is 14.6. The zero-order valence-corrected chi connectivity index (χ0v) is 12.2. The predicted molar refractivity (Wildman–Crippen MR) is 77.8 cm³/mol. The van der Waals surface area contributed by atoms with E-state index in [2.05, 4.69) is 12.2 Å². The SMILES string of the molecule is CC(C(=O)O)c1ccc(CNCC2(C)CCCO2)cc1. The molecule has 0 spiro atoms. The van der Waals surface area contributed by atoms with E-state index >= 15 is 0 Å². The molecule has 1 fully saturated rings. The average molecular weight is 277 g/mol. The summed E-state index contributed by atoms with van der Waals surface area (Å²) in [5.41, 5.74) is 1.97. The maximum atomic E-state index is 10.9. The number of ether oxygens (including phenoxy) is 1. The number of hydrogen-bond acceptors (Lipinski definition) is 3. The van der Waals surface area contributed by atoms with E-state index in [1.807, 2.05) is 24.3 Å². The first-order valence-corrected chi connectivity index (χ1v) is 7.16. The summed E-state index contributed by atoms with van der Waals surface area (Å²) in [6, 6.07) is 7.76. The monoisotopic (exact) mass is 277 g/mol. The quantitative estimate of drug-likeness (QED) is 0.839. The van der Waals surface area contributed by atoms with Gasteiger partial charge in [-0.15, -0.1) is 0 Å². The highest BCUT2D eigenvalue weighted by Gasteiger charge is 2.28. The fraction of sp³-hybridized carbons (Fsp3) is 0.562. The topological polar surface area (TPSA) is 58.6 Å². The van der Waals surface area contributed by atoms with Crippen molar-refractivity contribution in [1.29, 1.82) is 0 Å². The van der Waals surface area contributed by atoms with E-state index in [0.29, 0.717) is 0 Å². The van der Waals surface area contributed by atoms with Crippen LogP contribution in [0.4, 0.5) is 0 Å². The van der Waals surface area contributed by atoms with Crippen LogP contribution in [0.15, 0.2) is 24.3 Å². The lowest BCUT2D eigenvalue weighted by Crippen LogP contribution is -2.36. The second kappa shape index (κ2) is 6.37. The van der Waals surface area contributed by atoms with Gasteiger partial charge in [-0.05, 0) is 37.8 Å². The molecule has 0 aliphatic carbocycles. The molecule has 2 unspecified atom stereocenters. The predicted octanol–water partition coefficient (Wildman–Crippen LogP) is 2.53. The normalized spacial score (nSPS) is 23.7. The summed E-state index contributed by atoms with van der Waals surface area (Å²) in [7, 11) is 0. The summed E-state index contributed by atoms with van der Waals surface area (Å²) < 4.78 is 5.73. The van der Waals surface area contributed by atoms with Gasteiger partial charge in [0.15, 0.2) is 0 Å². The van der Waals surface area contributed by atoms with Crippen molar-refractivity contribution in [1.82, 2.24) is 5.32 Å². The number of nitrogens with one attached hydrogen (secondary N) is 1. The van der Waals surface area contributed by atoms with Crippen LogP contribution in [-0.4, -0.2) is 29.8 Å². The molecule has 0 aromatic heterocycles. The van der Waals surface area contributed by atoms with E-state index in [9.17, 15) is 4.79 Å². The molecule has 2 N–H and O–H groups in total. The van der Waals surface area contributed by atoms with Gasteiger partial charge in [-0.25, -0.2) is 0 Å². The van der Waals surface area contributed by atoms with Crippen LogP contribution in [0, 0.1) is 0 Å². The van der Waals surface area contributed by atoms with E-state index in [0.717, 1.165) is 43.7 Å². The molecule has 1 aliphatic heterocycles. The molecule has 0 bridgehead atoms. The molecule has 1 aromatic rings. The molecule has 4 heteroatoms. The summed E-state index contributed by atoms with van der Waals surface area (Å²) in [6.45, 7) is 6.33. The highest BCUT2D eigenvalue weighted by atomic mass is 16.5. The third kappa shape index (κ3) is 3.81. The number of hydrogen-bond donors (Lipinski definition) is 2. The molecule has 110 valence electrons. The highest BCUT2D eigenvalue weighted by molar-refractivity contribution is 5.75. The molecule has 0 saturated carbocycles. The minimum absolute atomic E-state index is 0.0300. The van der Waals surface area contributed by atoms with E-state index in [-0.39, 0.29) is 5.60 Å². The number of carboxylic acids is 1. The molecule has 1 aliphatic rings. The van der Waals surface area contributed by atoms with Crippen molar-refractivity contribution >= 4 is 5.97 Å². The minimum Gasteiger partial charge on any atom is -0.481 e. The first kappa shape index (κ1) is 15.0. The number of aliphatic carboxylic acids is 1. The van der Waals surface area contributed by atoms with Gasteiger partial charge in [-0.1, -0.05) is 24.3 Å². The standard InChI is InChI=1S/C16H23NO3/c1-12(15(18)19)14-6-4-13(5-7-14)10-17-11-16(2)8-3-9-20-16/h4-7,12,17H,3,8-11H2,1-2H3,(H,18,19). The Labute approximate surface area is 120 Å². The molecule has 1 aromatic carbocycles. The molecular formula is C16H23NO3. The Morgan fingerprint density at radius 2 is 2.15 bits per heavy atom. The van der Waals surface area contributed by atoms with Crippen molar-refractivity contribution in [2.24, 2.45) is 0 Å². The maximum absolute atomic E-state index is 10.9. The Bertz CT molecular complexity index is 449. The Morgan fingerprint density at radius 1 is 1.45 bits per heavy atom. The molecule has 0 radical (unpaired) electrons. The highest BCUT2D eigenvalue weighted by Crippen LogP contribution is 2.24. The van der Waals surface area contributed by atoms with Gasteiger partial charge in [0.1, 0.15) is 0 Å². The molecule has 2 rings (SSSR count). The van der Waals surface area contributed by atoms with Crippen molar-refractivity contribution in [2.45, 2.75) is 44.8 Å². The lowest BCUT2D eigenvalue weighted by molar-refractivity contribution is -0.138. The molecule has 4 nitrogen and oxygen atoms in total. The molecule has 1 heterocycles. The third-order valence-corrected chi connectivity index (χ3v) is 3.98. The van der Waals surface area contributed by atoms with Crippen molar-refractivity contribution in [3.05, 3.63) is 35.4 Å². The van der Waals surface area contributed by atoms with Gasteiger partial charge in [0.2, 0.25) is 0 Å². The molecule has 20 heavy (non-hydrogen) atoms. The molecule has 2 atom stereocenters.